The summed E-state index contributed by atoms with van der Waals surface area (Å²) in [7, 11) is 0. The van der Waals surface area contributed by atoms with Gasteiger partial charge in [0.25, 0.3) is 0 Å². The zero-order valence-corrected chi connectivity index (χ0v) is 13.0. The summed E-state index contributed by atoms with van der Waals surface area (Å²) in [6, 6.07) is 14.0. The quantitative estimate of drug-likeness (QED) is 0.734. The van der Waals surface area contributed by atoms with Crippen LogP contribution < -0.4 is 0 Å². The molecule has 0 spiro atoms. The van der Waals surface area contributed by atoms with Crippen LogP contribution in [0.3, 0.4) is 0 Å². The molecule has 0 atom stereocenters. The van der Waals surface area contributed by atoms with Gasteiger partial charge in [0.05, 0.1) is 12.1 Å². The molecule has 2 aromatic carbocycles. The maximum absolute atomic E-state index is 9.47. The van der Waals surface area contributed by atoms with Gasteiger partial charge in [0.1, 0.15) is 0 Å². The van der Waals surface area contributed by atoms with Crippen LogP contribution in [0.25, 0.3) is 10.9 Å². The fourth-order valence-electron chi connectivity index (χ4n) is 2.43. The molecule has 1 N–H and O–H groups in total. The van der Waals surface area contributed by atoms with Crippen LogP contribution in [0.5, 0.6) is 0 Å². The Morgan fingerprint density at radius 2 is 2.00 bits per heavy atom. The van der Waals surface area contributed by atoms with E-state index in [0.717, 1.165) is 27.5 Å². The van der Waals surface area contributed by atoms with Crippen molar-refractivity contribution < 1.29 is 5.11 Å². The highest BCUT2D eigenvalue weighted by Gasteiger charge is 2.09. The fraction of sp³-hybridized carbons (Fsp3) is 0.125. The van der Waals surface area contributed by atoms with Crippen molar-refractivity contribution in [1.29, 1.82) is 0 Å². The van der Waals surface area contributed by atoms with Gasteiger partial charge in [-0.25, -0.2) is 0 Å². The van der Waals surface area contributed by atoms with Crippen molar-refractivity contribution in [3.8, 4) is 0 Å². The lowest BCUT2D eigenvalue weighted by atomic mass is 10.2. The molecule has 1 aromatic heterocycles. The monoisotopic (exact) mass is 349 g/mol. The third kappa shape index (κ3) is 2.62. The van der Waals surface area contributed by atoms with E-state index in [2.05, 4.69) is 32.6 Å². The van der Waals surface area contributed by atoms with Gasteiger partial charge in [-0.05, 0) is 29.8 Å². The molecule has 2 nitrogen and oxygen atoms in total. The standard InChI is InChI=1S/C16H13BrClNO/c17-13-3-1-2-11(6-13)8-19-9-12(10-20)15-5-4-14(18)7-16(15)19/h1-7,9,20H,8,10H2. The Bertz CT molecular complexity index is 766. The smallest absolute Gasteiger partial charge is 0.0702 e. The number of hydrogen-bond donors (Lipinski definition) is 1. The lowest BCUT2D eigenvalue weighted by Crippen LogP contribution is -1.97. The predicted molar refractivity (Wildman–Crippen MR) is 86.1 cm³/mol. The summed E-state index contributed by atoms with van der Waals surface area (Å²) in [4.78, 5) is 0. The van der Waals surface area contributed by atoms with Crippen molar-refractivity contribution in [2.24, 2.45) is 0 Å². The highest BCUT2D eigenvalue weighted by molar-refractivity contribution is 9.10. The summed E-state index contributed by atoms with van der Waals surface area (Å²) in [6.07, 6.45) is 1.99. The van der Waals surface area contributed by atoms with E-state index < -0.39 is 0 Å². The molecule has 102 valence electrons. The first kappa shape index (κ1) is 13.7. The summed E-state index contributed by atoms with van der Waals surface area (Å²) >= 11 is 9.57. The number of nitrogens with zero attached hydrogens (tertiary/aromatic N) is 1. The molecule has 0 radical (unpaired) electrons. The molecule has 3 rings (SSSR count). The zero-order chi connectivity index (χ0) is 14.1. The average molecular weight is 351 g/mol. The first-order valence-corrected chi connectivity index (χ1v) is 7.47. The first-order chi connectivity index (χ1) is 9.67. The largest absolute Gasteiger partial charge is 0.392 e. The predicted octanol–water partition coefficient (Wildman–Crippen LogP) is 4.60. The van der Waals surface area contributed by atoms with Crippen molar-refractivity contribution in [2.45, 2.75) is 13.2 Å². The maximum Gasteiger partial charge on any atom is 0.0702 e. The summed E-state index contributed by atoms with van der Waals surface area (Å²) in [5, 5.41) is 11.2. The number of hydrogen-bond acceptors (Lipinski definition) is 1. The zero-order valence-electron chi connectivity index (χ0n) is 10.7. The Hall–Kier alpha value is -1.29. The van der Waals surface area contributed by atoms with Gasteiger partial charge < -0.3 is 9.67 Å². The normalized spacial score (nSPS) is 11.2. The molecule has 0 saturated heterocycles. The topological polar surface area (TPSA) is 25.2 Å². The van der Waals surface area contributed by atoms with Crippen LogP contribution in [0, 0.1) is 0 Å². The van der Waals surface area contributed by atoms with E-state index in [1.54, 1.807) is 0 Å². The number of halogens is 2. The molecule has 0 fully saturated rings. The van der Waals surface area contributed by atoms with Crippen LogP contribution in [0.15, 0.2) is 53.1 Å². The molecule has 0 aliphatic carbocycles. The van der Waals surface area contributed by atoms with Crippen LogP contribution >= 0.6 is 27.5 Å². The van der Waals surface area contributed by atoms with Gasteiger partial charge in [-0.1, -0.05) is 45.7 Å². The molecule has 20 heavy (non-hydrogen) atoms. The number of benzene rings is 2. The lowest BCUT2D eigenvalue weighted by Gasteiger charge is -2.06. The van der Waals surface area contributed by atoms with Crippen LogP contribution in [-0.2, 0) is 13.2 Å². The van der Waals surface area contributed by atoms with E-state index in [9.17, 15) is 5.11 Å². The third-order valence-electron chi connectivity index (χ3n) is 3.34. The molecular weight excluding hydrogens is 338 g/mol. The Balaban J connectivity index is 2.09. The molecule has 1 heterocycles. The first-order valence-electron chi connectivity index (χ1n) is 6.30. The number of fused-ring (bicyclic) bond motifs is 1. The number of aliphatic hydroxyl groups excluding tert-OH is 1. The Kier molecular flexibility index (Phi) is 3.83. The molecule has 3 aromatic rings. The minimum Gasteiger partial charge on any atom is -0.392 e. The Morgan fingerprint density at radius 1 is 1.15 bits per heavy atom. The Labute approximate surface area is 130 Å². The lowest BCUT2D eigenvalue weighted by molar-refractivity contribution is 0.283. The average Bonchev–Trinajstić information content (AvgIpc) is 2.76. The van der Waals surface area contributed by atoms with Crippen LogP contribution in [0.2, 0.25) is 5.02 Å². The fourth-order valence-corrected chi connectivity index (χ4v) is 3.04. The van der Waals surface area contributed by atoms with Crippen LogP contribution in [-0.4, -0.2) is 9.67 Å². The molecule has 0 bridgehead atoms. The van der Waals surface area contributed by atoms with Crippen molar-refractivity contribution in [2.75, 3.05) is 0 Å². The second kappa shape index (κ2) is 5.60. The summed E-state index contributed by atoms with van der Waals surface area (Å²) in [5.74, 6) is 0. The number of rotatable bonds is 3. The summed E-state index contributed by atoms with van der Waals surface area (Å²) < 4.78 is 3.18. The number of aromatic nitrogens is 1. The Morgan fingerprint density at radius 3 is 2.75 bits per heavy atom. The molecule has 0 saturated carbocycles. The van der Waals surface area contributed by atoms with Gasteiger partial charge in [0.2, 0.25) is 0 Å². The van der Waals surface area contributed by atoms with E-state index in [0.29, 0.717) is 5.02 Å². The third-order valence-corrected chi connectivity index (χ3v) is 4.07. The van der Waals surface area contributed by atoms with Gasteiger partial charge in [0.15, 0.2) is 0 Å². The maximum atomic E-state index is 9.47. The highest BCUT2D eigenvalue weighted by atomic mass is 79.9. The van der Waals surface area contributed by atoms with Gasteiger partial charge in [-0.15, -0.1) is 0 Å². The molecule has 0 aliphatic heterocycles. The van der Waals surface area contributed by atoms with E-state index in [4.69, 9.17) is 11.6 Å². The highest BCUT2D eigenvalue weighted by Crippen LogP contribution is 2.26. The van der Waals surface area contributed by atoms with Crippen LogP contribution in [0.4, 0.5) is 0 Å². The van der Waals surface area contributed by atoms with E-state index in [-0.39, 0.29) is 6.61 Å². The molecule has 0 unspecified atom stereocenters. The minimum absolute atomic E-state index is 0.0314. The van der Waals surface area contributed by atoms with Crippen molar-refractivity contribution in [3.05, 3.63) is 69.3 Å². The van der Waals surface area contributed by atoms with Gasteiger partial charge in [-0.2, -0.15) is 0 Å². The van der Waals surface area contributed by atoms with E-state index >= 15 is 0 Å². The van der Waals surface area contributed by atoms with Gasteiger partial charge >= 0.3 is 0 Å². The van der Waals surface area contributed by atoms with E-state index in [1.807, 2.05) is 36.5 Å². The number of aliphatic hydroxyl groups is 1. The summed E-state index contributed by atoms with van der Waals surface area (Å²) in [6.45, 7) is 0.778. The van der Waals surface area contributed by atoms with E-state index in [1.165, 1.54) is 5.56 Å². The van der Waals surface area contributed by atoms with Crippen molar-refractivity contribution in [3.63, 3.8) is 0 Å². The molecular formula is C16H13BrClNO. The molecule has 0 amide bonds. The van der Waals surface area contributed by atoms with Crippen molar-refractivity contribution >= 4 is 38.4 Å². The second-order valence-electron chi connectivity index (χ2n) is 4.73. The minimum atomic E-state index is 0.0314. The van der Waals surface area contributed by atoms with Crippen LogP contribution in [0.1, 0.15) is 11.1 Å². The molecule has 4 heteroatoms. The van der Waals surface area contributed by atoms with Gasteiger partial charge in [0, 0.05) is 33.2 Å². The molecule has 0 aliphatic rings. The summed E-state index contributed by atoms with van der Waals surface area (Å²) in [5.41, 5.74) is 3.16. The SMILES string of the molecule is OCc1cn(Cc2cccc(Br)c2)c2cc(Cl)ccc12. The second-order valence-corrected chi connectivity index (χ2v) is 6.08. The van der Waals surface area contributed by atoms with Gasteiger partial charge in [-0.3, -0.25) is 0 Å². The van der Waals surface area contributed by atoms with Crippen molar-refractivity contribution in [1.82, 2.24) is 4.57 Å².